The van der Waals surface area contributed by atoms with Crippen LogP contribution in [-0.2, 0) is 24.2 Å². The van der Waals surface area contributed by atoms with Crippen LogP contribution in [0.15, 0.2) is 48.5 Å². The van der Waals surface area contributed by atoms with Gasteiger partial charge in [0.15, 0.2) is 0 Å². The van der Waals surface area contributed by atoms with Crippen LogP contribution in [0.4, 0.5) is 0 Å². The maximum absolute atomic E-state index is 11.5. The fourth-order valence-electron chi connectivity index (χ4n) is 3.32. The maximum Gasteiger partial charge on any atom is 0.0587 e. The number of carbonyl (C=O) groups is 1. The van der Waals surface area contributed by atoms with Gasteiger partial charge in [0.1, 0.15) is 0 Å². The van der Waals surface area contributed by atoms with E-state index < -0.39 is 12.0 Å². The van der Waals surface area contributed by atoms with E-state index in [9.17, 15) is 9.90 Å². The van der Waals surface area contributed by atoms with Gasteiger partial charge in [0, 0.05) is 24.2 Å². The highest BCUT2D eigenvalue weighted by molar-refractivity contribution is 6.30. The molecule has 25 heavy (non-hydrogen) atoms. The number of carboxylic acids is 1. The molecule has 0 saturated carbocycles. The molecule has 4 nitrogen and oxygen atoms in total. The largest absolute Gasteiger partial charge is 0.548 e. The third kappa shape index (κ3) is 4.60. The van der Waals surface area contributed by atoms with Crippen molar-refractivity contribution >= 4 is 17.6 Å². The molecule has 0 saturated heterocycles. The second kappa shape index (κ2) is 8.00. The molecule has 1 aliphatic rings. The Labute approximate surface area is 153 Å². The quantitative estimate of drug-likeness (QED) is 0.854. The lowest BCUT2D eigenvalue weighted by atomic mass is 9.94. The summed E-state index contributed by atoms with van der Waals surface area (Å²) in [6.45, 7) is 1.49. The molecular formula is C20H22ClN2O2-. The van der Waals surface area contributed by atoms with Gasteiger partial charge in [0.2, 0.25) is 0 Å². The molecule has 5 heteroatoms. The van der Waals surface area contributed by atoms with Crippen molar-refractivity contribution in [3.8, 4) is 0 Å². The van der Waals surface area contributed by atoms with Crippen LogP contribution in [0.3, 0.4) is 0 Å². The number of carbonyl (C=O) groups excluding carboxylic acids is 1. The summed E-state index contributed by atoms with van der Waals surface area (Å²) in [6.07, 6.45) is 1.30. The standard InChI is InChI=1S/C20H23ClN2O2/c1-23-13-16-5-3-2-4-15(16)11-18(23)12-22-19(20(24)25)10-14-6-8-17(21)9-7-14/h2-9,18-19,22H,10-13H2,1H3,(H,24,25)/p-1/t18?,19-/m1/s1. The number of carboxylic acid groups (broad SMARTS) is 1. The Morgan fingerprint density at radius 3 is 2.60 bits per heavy atom. The Balaban J connectivity index is 1.62. The monoisotopic (exact) mass is 357 g/mol. The minimum Gasteiger partial charge on any atom is -0.548 e. The van der Waals surface area contributed by atoms with Crippen molar-refractivity contribution in [3.63, 3.8) is 0 Å². The molecule has 3 rings (SSSR count). The summed E-state index contributed by atoms with van der Waals surface area (Å²) in [4.78, 5) is 13.8. The van der Waals surface area contributed by atoms with E-state index in [1.807, 2.05) is 12.1 Å². The molecule has 0 aromatic heterocycles. The average Bonchev–Trinajstić information content (AvgIpc) is 2.60. The molecule has 0 aliphatic carbocycles. The zero-order valence-corrected chi connectivity index (χ0v) is 15.0. The number of hydrogen-bond donors (Lipinski definition) is 1. The van der Waals surface area contributed by atoms with Crippen LogP contribution >= 0.6 is 11.6 Å². The summed E-state index contributed by atoms with van der Waals surface area (Å²) < 4.78 is 0. The lowest BCUT2D eigenvalue weighted by Gasteiger charge is -2.35. The Hall–Kier alpha value is -1.88. The molecule has 2 atom stereocenters. The van der Waals surface area contributed by atoms with Crippen molar-refractivity contribution in [2.24, 2.45) is 0 Å². The fourth-order valence-corrected chi connectivity index (χ4v) is 3.45. The van der Waals surface area contributed by atoms with Gasteiger partial charge in [0.25, 0.3) is 0 Å². The second-order valence-electron chi connectivity index (χ2n) is 6.65. The summed E-state index contributed by atoms with van der Waals surface area (Å²) in [5.41, 5.74) is 3.61. The van der Waals surface area contributed by atoms with E-state index in [2.05, 4.69) is 41.5 Å². The van der Waals surface area contributed by atoms with Gasteiger partial charge in [-0.2, -0.15) is 0 Å². The highest BCUT2D eigenvalue weighted by Gasteiger charge is 2.24. The summed E-state index contributed by atoms with van der Waals surface area (Å²) >= 11 is 5.88. The number of hydrogen-bond acceptors (Lipinski definition) is 4. The van der Waals surface area contributed by atoms with Crippen LogP contribution in [0, 0.1) is 0 Å². The number of aliphatic carboxylic acids is 1. The molecule has 1 heterocycles. The second-order valence-corrected chi connectivity index (χ2v) is 7.09. The van der Waals surface area contributed by atoms with Crippen LogP contribution in [0.25, 0.3) is 0 Å². The van der Waals surface area contributed by atoms with Crippen molar-refractivity contribution in [3.05, 3.63) is 70.2 Å². The van der Waals surface area contributed by atoms with Gasteiger partial charge in [-0.05, 0) is 48.7 Å². The van der Waals surface area contributed by atoms with Crippen molar-refractivity contribution in [1.29, 1.82) is 0 Å². The third-order valence-electron chi connectivity index (χ3n) is 4.85. The molecule has 1 unspecified atom stereocenters. The zero-order chi connectivity index (χ0) is 17.8. The normalized spacial score (nSPS) is 18.6. The van der Waals surface area contributed by atoms with E-state index in [1.165, 1.54) is 11.1 Å². The first-order chi connectivity index (χ1) is 12.0. The molecule has 0 radical (unpaired) electrons. The van der Waals surface area contributed by atoms with Crippen molar-refractivity contribution < 1.29 is 9.90 Å². The highest BCUT2D eigenvalue weighted by Crippen LogP contribution is 2.21. The first kappa shape index (κ1) is 17.9. The van der Waals surface area contributed by atoms with E-state index >= 15 is 0 Å². The first-order valence-electron chi connectivity index (χ1n) is 8.48. The average molecular weight is 358 g/mol. The Bertz CT molecular complexity index is 733. The molecule has 0 spiro atoms. The smallest absolute Gasteiger partial charge is 0.0587 e. The van der Waals surface area contributed by atoms with Crippen LogP contribution in [0.2, 0.25) is 5.02 Å². The molecule has 0 bridgehead atoms. The fraction of sp³-hybridized carbons (Fsp3) is 0.350. The minimum absolute atomic E-state index is 0.266. The number of nitrogens with one attached hydrogen (secondary N) is 1. The number of likely N-dealkylation sites (N-methyl/N-ethyl adjacent to an activating group) is 1. The summed E-state index contributed by atoms with van der Waals surface area (Å²) in [6, 6.07) is 15.2. The number of fused-ring (bicyclic) bond motifs is 1. The van der Waals surface area contributed by atoms with E-state index in [0.717, 1.165) is 18.5 Å². The topological polar surface area (TPSA) is 55.4 Å². The molecule has 132 valence electrons. The van der Waals surface area contributed by atoms with Gasteiger partial charge in [0.05, 0.1) is 12.0 Å². The number of nitrogens with zero attached hydrogens (tertiary/aromatic N) is 1. The van der Waals surface area contributed by atoms with Crippen LogP contribution in [0.5, 0.6) is 0 Å². The van der Waals surface area contributed by atoms with E-state index in [-0.39, 0.29) is 6.04 Å². The number of halogens is 1. The first-order valence-corrected chi connectivity index (χ1v) is 8.86. The molecule has 0 amide bonds. The maximum atomic E-state index is 11.5. The zero-order valence-electron chi connectivity index (χ0n) is 14.2. The Morgan fingerprint density at radius 2 is 1.92 bits per heavy atom. The lowest BCUT2D eigenvalue weighted by molar-refractivity contribution is -0.308. The predicted octanol–water partition coefficient (Wildman–Crippen LogP) is 1.65. The van der Waals surface area contributed by atoms with Crippen molar-refractivity contribution in [1.82, 2.24) is 10.2 Å². The Kier molecular flexibility index (Phi) is 5.74. The van der Waals surface area contributed by atoms with E-state index in [4.69, 9.17) is 11.6 Å². The van der Waals surface area contributed by atoms with Crippen molar-refractivity contribution in [2.75, 3.05) is 13.6 Å². The molecule has 1 N–H and O–H groups in total. The molecule has 1 aliphatic heterocycles. The highest BCUT2D eigenvalue weighted by atomic mass is 35.5. The molecule has 2 aromatic rings. The molecule has 2 aromatic carbocycles. The van der Waals surface area contributed by atoms with Gasteiger partial charge in [-0.1, -0.05) is 48.0 Å². The van der Waals surface area contributed by atoms with E-state index in [1.54, 1.807) is 12.1 Å². The molecular weight excluding hydrogens is 336 g/mol. The van der Waals surface area contributed by atoms with Crippen LogP contribution < -0.4 is 10.4 Å². The predicted molar refractivity (Wildman–Crippen MR) is 97.4 cm³/mol. The van der Waals surface area contributed by atoms with Gasteiger partial charge in [-0.3, -0.25) is 4.90 Å². The van der Waals surface area contributed by atoms with E-state index in [0.29, 0.717) is 18.0 Å². The van der Waals surface area contributed by atoms with Gasteiger partial charge in [-0.15, -0.1) is 0 Å². The minimum atomic E-state index is -1.08. The third-order valence-corrected chi connectivity index (χ3v) is 5.11. The number of benzene rings is 2. The van der Waals surface area contributed by atoms with Crippen molar-refractivity contribution in [2.45, 2.75) is 31.5 Å². The molecule has 0 fully saturated rings. The number of rotatable bonds is 6. The van der Waals surface area contributed by atoms with Crippen LogP contribution in [-0.4, -0.2) is 36.5 Å². The van der Waals surface area contributed by atoms with Gasteiger partial charge >= 0.3 is 0 Å². The van der Waals surface area contributed by atoms with Crippen LogP contribution in [0.1, 0.15) is 16.7 Å². The summed E-state index contributed by atoms with van der Waals surface area (Å²) in [7, 11) is 2.08. The SMILES string of the molecule is CN1Cc2ccccc2CC1CN[C@H](Cc1ccc(Cl)cc1)C(=O)[O-]. The summed E-state index contributed by atoms with van der Waals surface area (Å²) in [5, 5.41) is 15.3. The summed E-state index contributed by atoms with van der Waals surface area (Å²) in [5.74, 6) is -1.08. The van der Waals surface area contributed by atoms with Gasteiger partial charge < -0.3 is 15.2 Å². The lowest BCUT2D eigenvalue weighted by Crippen LogP contribution is -2.52. The Morgan fingerprint density at radius 1 is 1.24 bits per heavy atom. The van der Waals surface area contributed by atoms with Gasteiger partial charge in [-0.25, -0.2) is 0 Å².